The number of aromatic amines is 1. The van der Waals surface area contributed by atoms with Gasteiger partial charge in [-0.25, -0.2) is 0 Å². The van der Waals surface area contributed by atoms with Crippen molar-refractivity contribution in [2.24, 2.45) is 11.3 Å². The van der Waals surface area contributed by atoms with Gasteiger partial charge < -0.3 is 19.8 Å². The van der Waals surface area contributed by atoms with Crippen LogP contribution in [0.1, 0.15) is 51.3 Å². The summed E-state index contributed by atoms with van der Waals surface area (Å²) >= 11 is 13.8. The predicted molar refractivity (Wildman–Crippen MR) is 184 cm³/mol. The Balaban J connectivity index is 1.17. The van der Waals surface area contributed by atoms with Gasteiger partial charge in [0.05, 0.1) is 27.8 Å². The van der Waals surface area contributed by atoms with E-state index < -0.39 is 6.61 Å². The highest BCUT2D eigenvalue weighted by Crippen LogP contribution is 2.56. The highest BCUT2D eigenvalue weighted by atomic mass is 35.5. The van der Waals surface area contributed by atoms with Crippen molar-refractivity contribution in [1.82, 2.24) is 34.7 Å². The Bertz CT molecular complexity index is 1710. The second-order valence-electron chi connectivity index (χ2n) is 14.7. The number of nitrogens with zero attached hydrogens (tertiary/aromatic N) is 7. The maximum Gasteiger partial charge on any atom is 0.248 e. The number of piperazine rings is 1. The van der Waals surface area contributed by atoms with E-state index in [1.807, 2.05) is 17.2 Å². The number of carbonyl (C=O) groups is 2. The molecule has 5 heterocycles. The molecular weight excluding hydrogens is 639 g/mol. The van der Waals surface area contributed by atoms with Crippen LogP contribution in [0.25, 0.3) is 22.0 Å². The monoisotopic (exact) mass is 682 g/mol. The zero-order chi connectivity index (χ0) is 33.2. The molecule has 13 heteroatoms. The van der Waals surface area contributed by atoms with Crippen molar-refractivity contribution >= 4 is 51.7 Å². The topological polar surface area (TPSA) is 114 Å². The van der Waals surface area contributed by atoms with Crippen molar-refractivity contribution in [1.29, 1.82) is 0 Å². The van der Waals surface area contributed by atoms with Crippen LogP contribution in [0.3, 0.4) is 0 Å². The number of halogens is 2. The standard InChI is InChI=1S/C34H44Cl2N8O3/c1-5-27(46)42-19-34(20-42)14-23(15-34)44-21(2)29(30-24-16-37-38-26(24)12-25(35)31(30)36)32(39-44)43-7-6-22(13-33(43,3)4)17-40-8-10-41(11-9-40)28(47)18-45/h5,12,16,22-23,45H,1,6-11,13-15,17-20H2,2-4H3,(H,37,38)/t22-/m1/s1. The summed E-state index contributed by atoms with van der Waals surface area (Å²) in [5.74, 6) is 1.25. The first-order chi connectivity index (χ1) is 22.4. The molecule has 0 unspecified atom stereocenters. The molecule has 3 saturated heterocycles. The van der Waals surface area contributed by atoms with Crippen LogP contribution in [-0.4, -0.2) is 116 Å². The number of likely N-dealkylation sites (tertiary alicyclic amines) is 1. The summed E-state index contributed by atoms with van der Waals surface area (Å²) in [5, 5.41) is 23.9. The summed E-state index contributed by atoms with van der Waals surface area (Å²) in [7, 11) is 0. The minimum Gasteiger partial charge on any atom is -0.387 e. The molecule has 1 aromatic carbocycles. The molecule has 3 aromatic rings. The summed E-state index contributed by atoms with van der Waals surface area (Å²) in [5.41, 5.74) is 3.71. The van der Waals surface area contributed by atoms with Crippen LogP contribution in [0.4, 0.5) is 5.82 Å². The highest BCUT2D eigenvalue weighted by molar-refractivity contribution is 6.45. The smallest absolute Gasteiger partial charge is 0.248 e. The van der Waals surface area contributed by atoms with Crippen molar-refractivity contribution in [3.63, 3.8) is 0 Å². The van der Waals surface area contributed by atoms with Gasteiger partial charge in [-0.3, -0.25) is 24.3 Å². The van der Waals surface area contributed by atoms with E-state index in [1.165, 1.54) is 6.08 Å². The lowest BCUT2D eigenvalue weighted by molar-refractivity contribution is -0.149. The number of carbonyl (C=O) groups excluding carboxylic acids is 2. The van der Waals surface area contributed by atoms with Gasteiger partial charge in [0.1, 0.15) is 6.61 Å². The van der Waals surface area contributed by atoms with Crippen LogP contribution < -0.4 is 4.90 Å². The second kappa shape index (κ2) is 12.1. The van der Waals surface area contributed by atoms with Crippen molar-refractivity contribution < 1.29 is 14.7 Å². The average molecular weight is 684 g/mol. The fraction of sp³-hybridized carbons (Fsp3) is 0.588. The summed E-state index contributed by atoms with van der Waals surface area (Å²) in [6.45, 7) is 16.3. The number of H-pyrrole nitrogens is 1. The number of amides is 2. The van der Waals surface area contributed by atoms with Crippen LogP contribution in [0.5, 0.6) is 0 Å². The Morgan fingerprint density at radius 3 is 2.47 bits per heavy atom. The Kier molecular flexibility index (Phi) is 8.34. The van der Waals surface area contributed by atoms with Crippen LogP contribution >= 0.6 is 23.2 Å². The molecule has 1 saturated carbocycles. The molecule has 4 fully saturated rings. The maximum absolute atomic E-state index is 12.1. The van der Waals surface area contributed by atoms with E-state index in [0.717, 1.165) is 98.5 Å². The van der Waals surface area contributed by atoms with Crippen molar-refractivity contribution in [2.75, 3.05) is 63.9 Å². The molecular formula is C34H44Cl2N8O3. The molecule has 252 valence electrons. The fourth-order valence-corrected chi connectivity index (χ4v) is 9.22. The normalized spacial score (nSPS) is 22.9. The minimum atomic E-state index is -0.423. The van der Waals surface area contributed by atoms with E-state index in [9.17, 15) is 14.7 Å². The SMILES string of the molecule is C=CC(=O)N1CC2(CC(n3nc(N4CC[C@@H](CN5CCN(C(=O)CO)CC5)CC4(C)C)c(-c4c(Cl)c(Cl)cc5[nH]ncc45)c3C)C2)C1. The zero-order valence-electron chi connectivity index (χ0n) is 27.4. The number of piperidine rings is 1. The number of hydrogen-bond acceptors (Lipinski definition) is 7. The average Bonchev–Trinajstić information content (AvgIpc) is 3.60. The molecule has 11 nitrogen and oxygen atoms in total. The number of aliphatic hydroxyl groups is 1. The first-order valence-corrected chi connectivity index (χ1v) is 17.4. The number of hydrogen-bond donors (Lipinski definition) is 2. The fourth-order valence-electron chi connectivity index (χ4n) is 8.76. The number of rotatable bonds is 7. The molecule has 0 radical (unpaired) electrons. The second-order valence-corrected chi connectivity index (χ2v) is 15.5. The van der Waals surface area contributed by atoms with Gasteiger partial charge in [0.2, 0.25) is 11.8 Å². The van der Waals surface area contributed by atoms with Gasteiger partial charge in [0, 0.05) is 85.5 Å². The number of anilines is 1. The largest absolute Gasteiger partial charge is 0.387 e. The third-order valence-corrected chi connectivity index (χ3v) is 11.9. The molecule has 2 amide bonds. The van der Waals surface area contributed by atoms with Gasteiger partial charge in [-0.1, -0.05) is 29.8 Å². The van der Waals surface area contributed by atoms with Crippen LogP contribution in [0.15, 0.2) is 24.9 Å². The first kappa shape index (κ1) is 32.4. The number of aromatic nitrogens is 4. The van der Waals surface area contributed by atoms with Crippen LogP contribution in [0, 0.1) is 18.3 Å². The molecule has 3 aliphatic heterocycles. The van der Waals surface area contributed by atoms with Crippen molar-refractivity contribution in [2.45, 2.75) is 58.0 Å². The predicted octanol–water partition coefficient (Wildman–Crippen LogP) is 4.52. The summed E-state index contributed by atoms with van der Waals surface area (Å²) < 4.78 is 2.20. The lowest BCUT2D eigenvalue weighted by atomic mass is 9.60. The Hall–Kier alpha value is -3.12. The number of nitrogens with one attached hydrogen (secondary N) is 1. The Morgan fingerprint density at radius 2 is 1.81 bits per heavy atom. The molecule has 0 bridgehead atoms. The first-order valence-electron chi connectivity index (χ1n) is 16.6. The summed E-state index contributed by atoms with van der Waals surface area (Å²) in [4.78, 5) is 32.6. The van der Waals surface area contributed by atoms with Crippen LogP contribution in [-0.2, 0) is 9.59 Å². The molecule has 1 aliphatic carbocycles. The molecule has 2 aromatic heterocycles. The van der Waals surface area contributed by atoms with Gasteiger partial charge in [-0.05, 0) is 64.5 Å². The Morgan fingerprint density at radius 1 is 1.09 bits per heavy atom. The van der Waals surface area contributed by atoms with Gasteiger partial charge in [0.25, 0.3) is 0 Å². The summed E-state index contributed by atoms with van der Waals surface area (Å²) in [6, 6.07) is 2.06. The third-order valence-electron chi connectivity index (χ3n) is 11.2. The van der Waals surface area contributed by atoms with Gasteiger partial charge in [0.15, 0.2) is 5.82 Å². The van der Waals surface area contributed by atoms with E-state index in [-0.39, 0.29) is 28.8 Å². The van der Waals surface area contributed by atoms with Gasteiger partial charge in [-0.2, -0.15) is 10.2 Å². The van der Waals surface area contributed by atoms with Crippen molar-refractivity contribution in [3.05, 3.63) is 40.7 Å². The quantitative estimate of drug-likeness (QED) is 0.352. The lowest BCUT2D eigenvalue weighted by Gasteiger charge is -2.58. The number of fused-ring (bicyclic) bond motifs is 1. The molecule has 7 rings (SSSR count). The molecule has 1 spiro atoms. The van der Waals surface area contributed by atoms with Crippen LogP contribution in [0.2, 0.25) is 10.0 Å². The van der Waals surface area contributed by atoms with E-state index in [0.29, 0.717) is 29.1 Å². The molecule has 2 N–H and O–H groups in total. The number of benzene rings is 1. The van der Waals surface area contributed by atoms with E-state index in [1.54, 1.807) is 4.90 Å². The minimum absolute atomic E-state index is 0.00309. The zero-order valence-corrected chi connectivity index (χ0v) is 28.9. The third kappa shape index (κ3) is 5.62. The number of aliphatic hydroxyl groups excluding tert-OH is 1. The van der Waals surface area contributed by atoms with E-state index >= 15 is 0 Å². The maximum atomic E-state index is 12.1. The van der Waals surface area contributed by atoms with Gasteiger partial charge in [-0.15, -0.1) is 0 Å². The molecule has 4 aliphatic rings. The van der Waals surface area contributed by atoms with E-state index in [2.05, 4.69) is 52.0 Å². The molecule has 1 atom stereocenters. The lowest BCUT2D eigenvalue weighted by Crippen LogP contribution is -2.63. The highest BCUT2D eigenvalue weighted by Gasteiger charge is 2.54. The van der Waals surface area contributed by atoms with E-state index in [4.69, 9.17) is 28.3 Å². The van der Waals surface area contributed by atoms with Gasteiger partial charge >= 0.3 is 0 Å². The summed E-state index contributed by atoms with van der Waals surface area (Å²) in [6.07, 6.45) is 7.19. The van der Waals surface area contributed by atoms with Crippen molar-refractivity contribution in [3.8, 4) is 11.1 Å². The molecule has 47 heavy (non-hydrogen) atoms. The Labute approximate surface area is 285 Å².